The van der Waals surface area contributed by atoms with Crippen LogP contribution in [0.1, 0.15) is 23.6 Å². The Morgan fingerprint density at radius 3 is 2.45 bits per heavy atom. The number of carbonyl (C=O) groups is 1. The first-order chi connectivity index (χ1) is 10.5. The lowest BCUT2D eigenvalue weighted by atomic mass is 10.1. The monoisotopic (exact) mass is 297 g/mol. The summed E-state index contributed by atoms with van der Waals surface area (Å²) in [6.45, 7) is 8.66. The average Bonchev–Trinajstić information content (AvgIpc) is 2.49. The maximum absolute atomic E-state index is 12.5. The number of aryl methyl sites for hydroxylation is 3. The lowest BCUT2D eigenvalue weighted by Gasteiger charge is -2.22. The van der Waals surface area contributed by atoms with Crippen molar-refractivity contribution in [3.8, 4) is 5.75 Å². The maximum Gasteiger partial charge on any atom is 0.264 e. The van der Waals surface area contributed by atoms with Crippen molar-refractivity contribution in [2.45, 2.75) is 27.7 Å². The largest absolute Gasteiger partial charge is 0.483 e. The number of hydrogen-bond donors (Lipinski definition) is 0. The molecule has 3 nitrogen and oxygen atoms in total. The molecule has 0 aliphatic rings. The Morgan fingerprint density at radius 1 is 1.05 bits per heavy atom. The summed E-state index contributed by atoms with van der Waals surface area (Å²) in [6.07, 6.45) is 0. The minimum Gasteiger partial charge on any atom is -0.483 e. The highest BCUT2D eigenvalue weighted by atomic mass is 16.5. The summed E-state index contributed by atoms with van der Waals surface area (Å²) in [5.41, 5.74) is 4.22. The predicted octanol–water partition coefficient (Wildman–Crippen LogP) is 4.04. The normalized spacial score (nSPS) is 10.4. The Morgan fingerprint density at radius 2 is 1.77 bits per heavy atom. The molecule has 0 saturated carbocycles. The van der Waals surface area contributed by atoms with Crippen molar-refractivity contribution < 1.29 is 9.53 Å². The van der Waals surface area contributed by atoms with Crippen molar-refractivity contribution in [1.29, 1.82) is 0 Å². The molecular weight excluding hydrogens is 274 g/mol. The van der Waals surface area contributed by atoms with Crippen LogP contribution in [0.15, 0.2) is 42.5 Å². The van der Waals surface area contributed by atoms with Crippen LogP contribution in [-0.2, 0) is 4.79 Å². The third kappa shape index (κ3) is 3.88. The molecule has 0 aliphatic carbocycles. The summed E-state index contributed by atoms with van der Waals surface area (Å²) < 4.78 is 5.72. The quantitative estimate of drug-likeness (QED) is 0.833. The molecule has 116 valence electrons. The third-order valence-corrected chi connectivity index (χ3v) is 3.63. The van der Waals surface area contributed by atoms with Crippen molar-refractivity contribution in [1.82, 2.24) is 0 Å². The molecule has 3 heteroatoms. The Balaban J connectivity index is 2.08. The Bertz CT molecular complexity index is 664. The van der Waals surface area contributed by atoms with Gasteiger partial charge in [-0.25, -0.2) is 0 Å². The van der Waals surface area contributed by atoms with Gasteiger partial charge in [0.2, 0.25) is 0 Å². The van der Waals surface area contributed by atoms with Crippen molar-refractivity contribution in [2.24, 2.45) is 0 Å². The number of anilines is 1. The molecule has 22 heavy (non-hydrogen) atoms. The number of ether oxygens (including phenoxy) is 1. The number of likely N-dealkylation sites (N-methyl/N-ethyl adjacent to an activating group) is 1. The van der Waals surface area contributed by atoms with Crippen LogP contribution in [0.4, 0.5) is 5.69 Å². The van der Waals surface area contributed by atoms with Gasteiger partial charge in [0.1, 0.15) is 5.75 Å². The molecule has 0 heterocycles. The van der Waals surface area contributed by atoms with Crippen molar-refractivity contribution >= 4 is 11.6 Å². The molecule has 0 fully saturated rings. The fourth-order valence-corrected chi connectivity index (χ4v) is 2.38. The molecule has 0 N–H and O–H groups in total. The molecule has 0 radical (unpaired) electrons. The predicted molar refractivity (Wildman–Crippen MR) is 90.6 cm³/mol. The molecule has 0 unspecified atom stereocenters. The third-order valence-electron chi connectivity index (χ3n) is 3.63. The summed E-state index contributed by atoms with van der Waals surface area (Å²) in [6, 6.07) is 14.0. The fraction of sp³-hybridized carbons (Fsp3) is 0.316. The number of rotatable bonds is 5. The van der Waals surface area contributed by atoms with Gasteiger partial charge in [-0.3, -0.25) is 4.79 Å². The second-order valence-electron chi connectivity index (χ2n) is 5.53. The van der Waals surface area contributed by atoms with E-state index in [9.17, 15) is 4.79 Å². The first-order valence-corrected chi connectivity index (χ1v) is 7.58. The van der Waals surface area contributed by atoms with Gasteiger partial charge < -0.3 is 9.64 Å². The van der Waals surface area contributed by atoms with E-state index in [-0.39, 0.29) is 12.5 Å². The van der Waals surface area contributed by atoms with E-state index in [1.165, 1.54) is 0 Å². The number of nitrogens with zero attached hydrogens (tertiary/aromatic N) is 1. The average molecular weight is 297 g/mol. The van der Waals surface area contributed by atoms with Crippen molar-refractivity contribution in [2.75, 3.05) is 18.1 Å². The van der Waals surface area contributed by atoms with Crippen LogP contribution in [0.25, 0.3) is 0 Å². The minimum atomic E-state index is -0.0333. The molecule has 0 aliphatic heterocycles. The van der Waals surface area contributed by atoms with Gasteiger partial charge in [0.15, 0.2) is 6.61 Å². The zero-order valence-electron chi connectivity index (χ0n) is 13.7. The zero-order chi connectivity index (χ0) is 16.1. The number of benzene rings is 2. The van der Waals surface area contributed by atoms with E-state index in [1.54, 1.807) is 4.90 Å². The summed E-state index contributed by atoms with van der Waals surface area (Å²) in [5.74, 6) is 0.739. The van der Waals surface area contributed by atoms with E-state index < -0.39 is 0 Å². The van der Waals surface area contributed by atoms with E-state index in [0.717, 1.165) is 28.1 Å². The molecule has 2 aromatic carbocycles. The molecule has 2 rings (SSSR count). The summed E-state index contributed by atoms with van der Waals surface area (Å²) >= 11 is 0. The topological polar surface area (TPSA) is 29.5 Å². The summed E-state index contributed by atoms with van der Waals surface area (Å²) in [5, 5.41) is 0. The standard InChI is InChI=1S/C19H23NO2/c1-5-20(17-8-6-7-14(2)11-17)19(21)13-22-18-12-15(3)9-10-16(18)4/h6-12H,5,13H2,1-4H3. The SMILES string of the molecule is CCN(C(=O)COc1cc(C)ccc1C)c1cccc(C)c1. The van der Waals surface area contributed by atoms with Crippen molar-refractivity contribution in [3.63, 3.8) is 0 Å². The first-order valence-electron chi connectivity index (χ1n) is 7.58. The van der Waals surface area contributed by atoms with Crippen LogP contribution in [0.5, 0.6) is 5.75 Å². The highest BCUT2D eigenvalue weighted by molar-refractivity contribution is 5.94. The summed E-state index contributed by atoms with van der Waals surface area (Å²) in [4.78, 5) is 14.2. The van der Waals surface area contributed by atoms with Gasteiger partial charge in [-0.2, -0.15) is 0 Å². The smallest absolute Gasteiger partial charge is 0.264 e. The highest BCUT2D eigenvalue weighted by Gasteiger charge is 2.15. The van der Waals surface area contributed by atoms with Crippen molar-refractivity contribution in [3.05, 3.63) is 59.2 Å². The first kappa shape index (κ1) is 16.1. The van der Waals surface area contributed by atoms with E-state index in [1.807, 2.05) is 70.2 Å². The van der Waals surface area contributed by atoms with Crippen LogP contribution in [-0.4, -0.2) is 19.1 Å². The Labute approximate surface area is 132 Å². The van der Waals surface area contributed by atoms with E-state index >= 15 is 0 Å². The lowest BCUT2D eigenvalue weighted by Crippen LogP contribution is -2.34. The molecule has 0 spiro atoms. The second-order valence-corrected chi connectivity index (χ2v) is 5.53. The van der Waals surface area contributed by atoms with E-state index in [2.05, 4.69) is 0 Å². The Kier molecular flexibility index (Phi) is 5.21. The summed E-state index contributed by atoms with van der Waals surface area (Å²) in [7, 11) is 0. The van der Waals surface area contributed by atoms with Crippen LogP contribution < -0.4 is 9.64 Å². The maximum atomic E-state index is 12.5. The molecule has 0 atom stereocenters. The second kappa shape index (κ2) is 7.12. The number of amides is 1. The Hall–Kier alpha value is -2.29. The molecule has 0 saturated heterocycles. The molecule has 0 aromatic heterocycles. The molecular formula is C19H23NO2. The zero-order valence-corrected chi connectivity index (χ0v) is 13.7. The van der Waals surface area contributed by atoms with Gasteiger partial charge in [0, 0.05) is 12.2 Å². The van der Waals surface area contributed by atoms with Gasteiger partial charge in [-0.1, -0.05) is 24.3 Å². The van der Waals surface area contributed by atoms with E-state index in [4.69, 9.17) is 4.74 Å². The lowest BCUT2D eigenvalue weighted by molar-refractivity contribution is -0.120. The number of hydrogen-bond acceptors (Lipinski definition) is 2. The van der Waals surface area contributed by atoms with E-state index in [0.29, 0.717) is 6.54 Å². The van der Waals surface area contributed by atoms with Crippen LogP contribution in [0.3, 0.4) is 0 Å². The van der Waals surface area contributed by atoms with Gasteiger partial charge >= 0.3 is 0 Å². The van der Waals surface area contributed by atoms with Crippen LogP contribution in [0.2, 0.25) is 0 Å². The highest BCUT2D eigenvalue weighted by Crippen LogP contribution is 2.20. The van der Waals surface area contributed by atoms with Gasteiger partial charge in [-0.05, 0) is 62.6 Å². The molecule has 1 amide bonds. The molecule has 2 aromatic rings. The number of carbonyl (C=O) groups excluding carboxylic acids is 1. The van der Waals surface area contributed by atoms with Gasteiger partial charge in [-0.15, -0.1) is 0 Å². The van der Waals surface area contributed by atoms with Gasteiger partial charge in [0.05, 0.1) is 0 Å². The van der Waals surface area contributed by atoms with Gasteiger partial charge in [0.25, 0.3) is 5.91 Å². The fourth-order valence-electron chi connectivity index (χ4n) is 2.38. The van der Waals surface area contributed by atoms with Crippen LogP contribution in [0, 0.1) is 20.8 Å². The van der Waals surface area contributed by atoms with Crippen LogP contribution >= 0.6 is 0 Å². The minimum absolute atomic E-state index is 0.0333. The molecule has 0 bridgehead atoms.